The van der Waals surface area contributed by atoms with Crippen molar-refractivity contribution in [1.29, 1.82) is 0 Å². The number of aryl methyl sites for hydroxylation is 2. The van der Waals surface area contributed by atoms with Gasteiger partial charge in [-0.3, -0.25) is 9.97 Å². The summed E-state index contributed by atoms with van der Waals surface area (Å²) in [6.07, 6.45) is 10.4. The molecule has 5 rings (SSSR count). The first-order valence-electron chi connectivity index (χ1n) is 9.50. The average molecular weight is 419 g/mol. The van der Waals surface area contributed by atoms with Crippen LogP contribution in [0.15, 0.2) is 65.7 Å². The summed E-state index contributed by atoms with van der Waals surface area (Å²) in [7, 11) is 0. The summed E-state index contributed by atoms with van der Waals surface area (Å²) >= 11 is 3.82. The normalized spacial score (nSPS) is 15.9. The van der Waals surface area contributed by atoms with Gasteiger partial charge in [0, 0.05) is 29.3 Å². The van der Waals surface area contributed by atoms with Crippen molar-refractivity contribution >= 4 is 37.5 Å². The maximum atomic E-state index is 3.82. The van der Waals surface area contributed by atoms with Crippen molar-refractivity contribution in [1.82, 2.24) is 9.97 Å². The third kappa shape index (κ3) is 3.49. The molecule has 0 saturated carbocycles. The standard InChI is InChI=1S/C20H19Br.C4H4N2/c1-12-5-3-7-14-9-10-15-16-8-4-6-13(2)20(16)18(21)11-17(15)19(12)14;1-2-6-4-3-5-1/h4,6,8-12H,3,5,7H2,1-2H3;1-4H. The molecule has 0 amide bonds. The summed E-state index contributed by atoms with van der Waals surface area (Å²) in [5.74, 6) is 0.673. The minimum atomic E-state index is 0.673. The summed E-state index contributed by atoms with van der Waals surface area (Å²) in [6.45, 7) is 4.58. The molecule has 0 spiro atoms. The van der Waals surface area contributed by atoms with Crippen molar-refractivity contribution in [2.75, 3.05) is 0 Å². The van der Waals surface area contributed by atoms with Gasteiger partial charge in [-0.25, -0.2) is 0 Å². The van der Waals surface area contributed by atoms with Crippen LogP contribution in [0, 0.1) is 6.92 Å². The van der Waals surface area contributed by atoms with E-state index in [2.05, 4.69) is 76.1 Å². The largest absolute Gasteiger partial charge is 0.262 e. The van der Waals surface area contributed by atoms with Gasteiger partial charge >= 0.3 is 0 Å². The van der Waals surface area contributed by atoms with Crippen LogP contribution in [0.4, 0.5) is 0 Å². The second kappa shape index (κ2) is 7.77. The minimum absolute atomic E-state index is 0.673. The molecule has 1 unspecified atom stereocenters. The Balaban J connectivity index is 0.000000257. The molecule has 27 heavy (non-hydrogen) atoms. The Morgan fingerprint density at radius 2 is 1.67 bits per heavy atom. The molecule has 0 bridgehead atoms. The number of hydrogen-bond acceptors (Lipinski definition) is 2. The van der Waals surface area contributed by atoms with Gasteiger partial charge in [-0.15, -0.1) is 0 Å². The third-order valence-corrected chi connectivity index (χ3v) is 6.13. The minimum Gasteiger partial charge on any atom is -0.262 e. The van der Waals surface area contributed by atoms with Gasteiger partial charge in [0.2, 0.25) is 0 Å². The van der Waals surface area contributed by atoms with Crippen LogP contribution in [-0.4, -0.2) is 9.97 Å². The molecule has 0 fully saturated rings. The van der Waals surface area contributed by atoms with Crippen molar-refractivity contribution in [3.63, 3.8) is 0 Å². The maximum Gasteiger partial charge on any atom is 0.0451 e. The Kier molecular flexibility index (Phi) is 5.22. The Hall–Kier alpha value is -2.26. The fourth-order valence-corrected chi connectivity index (χ4v) is 5.03. The number of hydrogen-bond donors (Lipinski definition) is 0. The van der Waals surface area contributed by atoms with Crippen LogP contribution >= 0.6 is 15.9 Å². The maximum absolute atomic E-state index is 3.82. The number of aromatic nitrogens is 2. The zero-order chi connectivity index (χ0) is 18.8. The zero-order valence-corrected chi connectivity index (χ0v) is 17.3. The van der Waals surface area contributed by atoms with Gasteiger partial charge in [0.15, 0.2) is 0 Å². The molecular weight excluding hydrogens is 396 g/mol. The first-order valence-corrected chi connectivity index (χ1v) is 10.3. The molecule has 1 atom stereocenters. The van der Waals surface area contributed by atoms with E-state index in [0.717, 1.165) is 0 Å². The summed E-state index contributed by atoms with van der Waals surface area (Å²) in [5, 5.41) is 5.59. The van der Waals surface area contributed by atoms with Gasteiger partial charge in [0.05, 0.1) is 0 Å². The first-order chi connectivity index (χ1) is 13.2. The smallest absolute Gasteiger partial charge is 0.0451 e. The highest BCUT2D eigenvalue weighted by Gasteiger charge is 2.20. The highest BCUT2D eigenvalue weighted by molar-refractivity contribution is 9.10. The lowest BCUT2D eigenvalue weighted by molar-refractivity contribution is 0.595. The Bertz CT molecular complexity index is 1060. The van der Waals surface area contributed by atoms with Gasteiger partial charge in [0.1, 0.15) is 0 Å². The van der Waals surface area contributed by atoms with E-state index in [1.165, 1.54) is 50.8 Å². The highest BCUT2D eigenvalue weighted by Crippen LogP contribution is 2.41. The highest BCUT2D eigenvalue weighted by atomic mass is 79.9. The van der Waals surface area contributed by atoms with Crippen LogP contribution in [0.1, 0.15) is 42.4 Å². The van der Waals surface area contributed by atoms with Gasteiger partial charge in [-0.1, -0.05) is 53.2 Å². The average Bonchev–Trinajstić information content (AvgIpc) is 2.70. The van der Waals surface area contributed by atoms with Crippen LogP contribution < -0.4 is 0 Å². The Morgan fingerprint density at radius 3 is 2.37 bits per heavy atom. The van der Waals surface area contributed by atoms with E-state index in [0.29, 0.717) is 5.92 Å². The molecule has 2 nitrogen and oxygen atoms in total. The molecule has 0 N–H and O–H groups in total. The first kappa shape index (κ1) is 18.1. The predicted molar refractivity (Wildman–Crippen MR) is 117 cm³/mol. The number of rotatable bonds is 0. The monoisotopic (exact) mass is 418 g/mol. The van der Waals surface area contributed by atoms with Crippen LogP contribution in [0.5, 0.6) is 0 Å². The fourth-order valence-electron chi connectivity index (χ4n) is 4.28. The molecule has 1 aliphatic carbocycles. The van der Waals surface area contributed by atoms with Gasteiger partial charge in [0.25, 0.3) is 0 Å². The summed E-state index contributed by atoms with van der Waals surface area (Å²) in [5.41, 5.74) is 4.48. The fraction of sp³-hybridized carbons (Fsp3) is 0.250. The molecule has 3 heteroatoms. The molecule has 136 valence electrons. The van der Waals surface area contributed by atoms with Crippen LogP contribution in [0.2, 0.25) is 0 Å². The number of nitrogens with zero attached hydrogens (tertiary/aromatic N) is 2. The van der Waals surface area contributed by atoms with Crippen molar-refractivity contribution in [3.05, 3.63) is 82.3 Å². The second-order valence-corrected chi connectivity index (χ2v) is 8.13. The van der Waals surface area contributed by atoms with E-state index < -0.39 is 0 Å². The van der Waals surface area contributed by atoms with Gasteiger partial charge < -0.3 is 0 Å². The molecule has 3 aromatic carbocycles. The topological polar surface area (TPSA) is 25.8 Å². The third-order valence-electron chi connectivity index (χ3n) is 5.50. The number of halogens is 1. The van der Waals surface area contributed by atoms with Crippen LogP contribution in [0.25, 0.3) is 21.5 Å². The molecule has 0 radical (unpaired) electrons. The number of benzene rings is 3. The second-order valence-electron chi connectivity index (χ2n) is 7.28. The van der Waals surface area contributed by atoms with Crippen molar-refractivity contribution in [2.24, 2.45) is 0 Å². The van der Waals surface area contributed by atoms with E-state index in [1.54, 1.807) is 35.9 Å². The lowest BCUT2D eigenvalue weighted by atomic mass is 9.80. The van der Waals surface area contributed by atoms with Crippen molar-refractivity contribution in [2.45, 2.75) is 39.0 Å². The number of fused-ring (bicyclic) bond motifs is 5. The lowest BCUT2D eigenvalue weighted by Gasteiger charge is -2.25. The molecule has 1 heterocycles. The van der Waals surface area contributed by atoms with Crippen molar-refractivity contribution < 1.29 is 0 Å². The van der Waals surface area contributed by atoms with Crippen LogP contribution in [-0.2, 0) is 6.42 Å². The van der Waals surface area contributed by atoms with Crippen LogP contribution in [0.3, 0.4) is 0 Å². The van der Waals surface area contributed by atoms with E-state index >= 15 is 0 Å². The summed E-state index contributed by atoms with van der Waals surface area (Å²) in [4.78, 5) is 7.44. The van der Waals surface area contributed by atoms with Gasteiger partial charge in [-0.2, -0.15) is 0 Å². The van der Waals surface area contributed by atoms with Crippen molar-refractivity contribution in [3.8, 4) is 0 Å². The predicted octanol–water partition coefficient (Wildman–Crippen LogP) is 6.98. The zero-order valence-electron chi connectivity index (χ0n) is 15.7. The molecule has 1 aliphatic rings. The Labute approximate surface area is 168 Å². The van der Waals surface area contributed by atoms with E-state index in [-0.39, 0.29) is 0 Å². The molecular formula is C24H23BrN2. The molecule has 0 saturated heterocycles. The quantitative estimate of drug-likeness (QED) is 0.287. The molecule has 4 aromatic rings. The SMILES string of the molecule is Cc1cccc2c1c(Br)cc1c3c(ccc12)CCCC3C.c1cnccn1. The Morgan fingerprint density at radius 1 is 0.926 bits per heavy atom. The van der Waals surface area contributed by atoms with Gasteiger partial charge in [-0.05, 0) is 76.4 Å². The summed E-state index contributed by atoms with van der Waals surface area (Å²) in [6, 6.07) is 13.7. The van der Waals surface area contributed by atoms with E-state index in [1.807, 2.05) is 0 Å². The summed E-state index contributed by atoms with van der Waals surface area (Å²) < 4.78 is 1.23. The lowest BCUT2D eigenvalue weighted by Crippen LogP contribution is -2.07. The van der Waals surface area contributed by atoms with E-state index in [9.17, 15) is 0 Å². The molecule has 0 aliphatic heterocycles. The molecule has 1 aromatic heterocycles. The van der Waals surface area contributed by atoms with E-state index in [4.69, 9.17) is 0 Å².